The molecule has 0 aliphatic carbocycles. The van der Waals surface area contributed by atoms with Crippen LogP contribution >= 0.6 is 11.3 Å². The molecule has 0 atom stereocenters. The van der Waals surface area contributed by atoms with Gasteiger partial charge in [-0.1, -0.05) is 19.6 Å². The zero-order valence-electron chi connectivity index (χ0n) is 9.18. The van der Waals surface area contributed by atoms with Crippen molar-refractivity contribution in [3.63, 3.8) is 0 Å². The minimum Gasteiger partial charge on any atom is -0.352 e. The van der Waals surface area contributed by atoms with E-state index < -0.39 is 8.07 Å². The van der Waals surface area contributed by atoms with Gasteiger partial charge in [0.15, 0.2) is 0 Å². The lowest BCUT2D eigenvalue weighted by Gasteiger charge is -2.15. The number of nitrogens with one attached hydrogen (secondary N) is 1. The van der Waals surface area contributed by atoms with E-state index in [1.165, 1.54) is 4.50 Å². The van der Waals surface area contributed by atoms with Gasteiger partial charge < -0.3 is 5.32 Å². The fourth-order valence-electron chi connectivity index (χ4n) is 1.32. The van der Waals surface area contributed by atoms with Gasteiger partial charge in [-0.3, -0.25) is 4.79 Å². The number of thiophene rings is 1. The Bertz CT molecular complexity index is 327. The lowest BCUT2D eigenvalue weighted by atomic mass is 10.3. The van der Waals surface area contributed by atoms with Gasteiger partial charge in [0.1, 0.15) is 0 Å². The summed E-state index contributed by atoms with van der Waals surface area (Å²) in [6.07, 6.45) is 0. The summed E-state index contributed by atoms with van der Waals surface area (Å²) in [7, 11) is -1.36. The number of carbonyl (C=O) groups is 1. The standard InChI is InChI=1S/C10H17NOSSi/c1-5-11-9(12)8-6-7-13-10(8)14(2,3)4/h6-7H,5H2,1-4H3,(H,11,12). The highest BCUT2D eigenvalue weighted by molar-refractivity contribution is 7.25. The average Bonchev–Trinajstić information content (AvgIpc) is 2.50. The second-order valence-corrected chi connectivity index (χ2v) is 10.6. The van der Waals surface area contributed by atoms with Gasteiger partial charge >= 0.3 is 0 Å². The average molecular weight is 227 g/mol. The highest BCUT2D eigenvalue weighted by Crippen LogP contribution is 2.12. The topological polar surface area (TPSA) is 29.1 Å². The lowest BCUT2D eigenvalue weighted by molar-refractivity contribution is 0.0957. The first kappa shape index (κ1) is 11.5. The van der Waals surface area contributed by atoms with E-state index in [1.807, 2.05) is 18.4 Å². The Kier molecular flexibility index (Phi) is 3.50. The molecule has 78 valence electrons. The van der Waals surface area contributed by atoms with Gasteiger partial charge in [-0.05, 0) is 18.4 Å². The Labute approximate surface area is 90.4 Å². The lowest BCUT2D eigenvalue weighted by Crippen LogP contribution is -2.40. The highest BCUT2D eigenvalue weighted by Gasteiger charge is 2.24. The van der Waals surface area contributed by atoms with Crippen molar-refractivity contribution >= 4 is 29.8 Å². The van der Waals surface area contributed by atoms with E-state index in [0.717, 1.165) is 5.56 Å². The molecule has 0 unspecified atom stereocenters. The van der Waals surface area contributed by atoms with Crippen LogP contribution in [0.1, 0.15) is 17.3 Å². The summed E-state index contributed by atoms with van der Waals surface area (Å²) >= 11 is 1.71. The molecule has 0 bridgehead atoms. The Hall–Kier alpha value is -0.613. The number of hydrogen-bond acceptors (Lipinski definition) is 2. The molecule has 0 aromatic carbocycles. The molecular formula is C10H17NOSSi. The number of rotatable bonds is 3. The Morgan fingerprint density at radius 3 is 2.64 bits per heavy atom. The molecule has 2 nitrogen and oxygen atoms in total. The van der Waals surface area contributed by atoms with Crippen LogP contribution in [0.5, 0.6) is 0 Å². The minimum atomic E-state index is -1.36. The summed E-state index contributed by atoms with van der Waals surface area (Å²) in [5.41, 5.74) is 0.885. The molecule has 14 heavy (non-hydrogen) atoms. The van der Waals surface area contributed by atoms with Crippen molar-refractivity contribution in [1.82, 2.24) is 5.32 Å². The number of amides is 1. The summed E-state index contributed by atoms with van der Waals surface area (Å²) in [5.74, 6) is 0.0752. The summed E-state index contributed by atoms with van der Waals surface area (Å²) in [5, 5.41) is 4.86. The summed E-state index contributed by atoms with van der Waals surface area (Å²) in [4.78, 5) is 11.7. The van der Waals surface area contributed by atoms with Crippen LogP contribution in [0.15, 0.2) is 11.4 Å². The van der Waals surface area contributed by atoms with Crippen molar-refractivity contribution in [2.24, 2.45) is 0 Å². The van der Waals surface area contributed by atoms with Gasteiger partial charge in [-0.25, -0.2) is 0 Å². The van der Waals surface area contributed by atoms with Crippen LogP contribution in [-0.4, -0.2) is 20.5 Å². The smallest absolute Gasteiger partial charge is 0.251 e. The molecule has 1 N–H and O–H groups in total. The fraction of sp³-hybridized carbons (Fsp3) is 0.500. The van der Waals surface area contributed by atoms with Gasteiger partial charge in [0.2, 0.25) is 0 Å². The van der Waals surface area contributed by atoms with Crippen LogP contribution in [0.2, 0.25) is 19.6 Å². The van der Waals surface area contributed by atoms with Crippen molar-refractivity contribution in [3.05, 3.63) is 17.0 Å². The molecule has 0 saturated carbocycles. The first-order valence-electron chi connectivity index (χ1n) is 4.83. The normalized spacial score (nSPS) is 11.4. The molecule has 1 aromatic rings. The third-order valence-corrected chi connectivity index (χ3v) is 6.48. The first-order valence-corrected chi connectivity index (χ1v) is 9.21. The molecule has 0 spiro atoms. The van der Waals surface area contributed by atoms with Gasteiger partial charge in [0.05, 0.1) is 8.07 Å². The maximum absolute atomic E-state index is 11.7. The zero-order chi connectivity index (χ0) is 10.8. The Morgan fingerprint density at radius 1 is 1.50 bits per heavy atom. The van der Waals surface area contributed by atoms with E-state index >= 15 is 0 Å². The van der Waals surface area contributed by atoms with Crippen LogP contribution < -0.4 is 9.82 Å². The summed E-state index contributed by atoms with van der Waals surface area (Å²) in [6, 6.07) is 1.93. The molecular weight excluding hydrogens is 210 g/mol. The van der Waals surface area contributed by atoms with Crippen LogP contribution in [0.3, 0.4) is 0 Å². The van der Waals surface area contributed by atoms with Gasteiger partial charge in [0.25, 0.3) is 5.91 Å². The molecule has 1 heterocycles. The van der Waals surface area contributed by atoms with E-state index in [9.17, 15) is 4.79 Å². The van der Waals surface area contributed by atoms with Crippen LogP contribution in [0, 0.1) is 0 Å². The van der Waals surface area contributed by atoms with E-state index in [0.29, 0.717) is 6.54 Å². The van der Waals surface area contributed by atoms with Crippen LogP contribution in [-0.2, 0) is 0 Å². The minimum absolute atomic E-state index is 0.0752. The predicted molar refractivity (Wildman–Crippen MR) is 65.3 cm³/mol. The first-order chi connectivity index (χ1) is 6.46. The maximum Gasteiger partial charge on any atom is 0.251 e. The molecule has 0 aliphatic rings. The number of hydrogen-bond donors (Lipinski definition) is 1. The molecule has 1 rings (SSSR count). The highest BCUT2D eigenvalue weighted by atomic mass is 32.1. The van der Waals surface area contributed by atoms with E-state index in [2.05, 4.69) is 25.0 Å². The SMILES string of the molecule is CCNC(=O)c1ccsc1[Si](C)(C)C. The molecule has 0 aliphatic heterocycles. The second kappa shape index (κ2) is 4.27. The van der Waals surface area contributed by atoms with Gasteiger partial charge in [-0.2, -0.15) is 11.3 Å². The van der Waals surface area contributed by atoms with Crippen molar-refractivity contribution < 1.29 is 4.79 Å². The molecule has 1 amide bonds. The third-order valence-electron chi connectivity index (χ3n) is 1.93. The largest absolute Gasteiger partial charge is 0.352 e. The van der Waals surface area contributed by atoms with E-state index in [1.54, 1.807) is 11.3 Å². The number of carbonyl (C=O) groups excluding carboxylic acids is 1. The Morgan fingerprint density at radius 2 is 2.14 bits per heavy atom. The third kappa shape index (κ3) is 2.45. The fourth-order valence-corrected chi connectivity index (χ4v) is 4.58. The van der Waals surface area contributed by atoms with Crippen molar-refractivity contribution in [1.29, 1.82) is 0 Å². The van der Waals surface area contributed by atoms with Crippen LogP contribution in [0.4, 0.5) is 0 Å². The molecule has 0 fully saturated rings. The molecule has 4 heteroatoms. The van der Waals surface area contributed by atoms with Crippen molar-refractivity contribution in [2.45, 2.75) is 26.6 Å². The van der Waals surface area contributed by atoms with Crippen molar-refractivity contribution in [3.8, 4) is 0 Å². The molecule has 1 aromatic heterocycles. The van der Waals surface area contributed by atoms with Gasteiger partial charge in [0, 0.05) is 16.6 Å². The maximum atomic E-state index is 11.7. The summed E-state index contributed by atoms with van der Waals surface area (Å²) in [6.45, 7) is 9.43. The van der Waals surface area contributed by atoms with E-state index in [-0.39, 0.29) is 5.91 Å². The van der Waals surface area contributed by atoms with Gasteiger partial charge in [-0.15, -0.1) is 0 Å². The second-order valence-electron chi connectivity index (χ2n) is 4.27. The summed E-state index contributed by atoms with van der Waals surface area (Å²) < 4.78 is 1.29. The molecule has 0 saturated heterocycles. The predicted octanol–water partition coefficient (Wildman–Crippen LogP) is 2.04. The monoisotopic (exact) mass is 227 g/mol. The van der Waals surface area contributed by atoms with E-state index in [4.69, 9.17) is 0 Å². The van der Waals surface area contributed by atoms with Crippen LogP contribution in [0.25, 0.3) is 0 Å². The quantitative estimate of drug-likeness (QED) is 0.787. The van der Waals surface area contributed by atoms with Crippen molar-refractivity contribution in [2.75, 3.05) is 6.54 Å². The Balaban J connectivity index is 2.99. The zero-order valence-corrected chi connectivity index (χ0v) is 11.0. The molecule has 0 radical (unpaired) electrons.